The zero-order valence-corrected chi connectivity index (χ0v) is 28.8. The zero-order valence-electron chi connectivity index (χ0n) is 27.0. The number of hydrogen-bond donors (Lipinski definition) is 2. The van der Waals surface area contributed by atoms with Gasteiger partial charge in [0.2, 0.25) is 0 Å². The molecule has 0 aromatic heterocycles. The van der Waals surface area contributed by atoms with Gasteiger partial charge < -0.3 is 24.2 Å². The first kappa shape index (κ1) is 36.9. The maximum atomic E-state index is 14.2. The van der Waals surface area contributed by atoms with E-state index in [4.69, 9.17) is 27.4 Å². The Labute approximate surface area is 265 Å². The summed E-state index contributed by atoms with van der Waals surface area (Å²) in [7, 11) is -8.83. The highest BCUT2D eigenvalue weighted by molar-refractivity contribution is 7.56. The molecule has 2 aromatic carbocycles. The summed E-state index contributed by atoms with van der Waals surface area (Å²) in [6, 6.07) is 13.9. The molecule has 2 unspecified atom stereocenters. The number of phosphoric acid groups is 1. The molecule has 0 saturated carbocycles. The zero-order chi connectivity index (χ0) is 33.5. The molecular formula is C31H45NO11P2. The van der Waals surface area contributed by atoms with Gasteiger partial charge in [-0.2, -0.15) is 0 Å². The predicted octanol–water partition coefficient (Wildman–Crippen LogP) is 7.71. The first-order chi connectivity index (χ1) is 21.0. The van der Waals surface area contributed by atoms with Gasteiger partial charge in [0.05, 0.1) is 24.4 Å². The fraction of sp³-hybridized carbons (Fsp3) is 0.548. The van der Waals surface area contributed by atoms with E-state index >= 15 is 0 Å². The fourth-order valence-electron chi connectivity index (χ4n) is 4.92. The number of rotatable bonds is 17. The van der Waals surface area contributed by atoms with E-state index in [-0.39, 0.29) is 12.5 Å². The van der Waals surface area contributed by atoms with Crippen molar-refractivity contribution in [3.8, 4) is 11.1 Å². The van der Waals surface area contributed by atoms with Gasteiger partial charge in [0.1, 0.15) is 12.6 Å². The third-order valence-electron chi connectivity index (χ3n) is 6.37. The average molecular weight is 670 g/mol. The van der Waals surface area contributed by atoms with Gasteiger partial charge in [0.25, 0.3) is 0 Å². The molecule has 0 radical (unpaired) electrons. The molecule has 1 amide bonds. The third kappa shape index (κ3) is 10.2. The number of carbonyl (C=O) groups is 2. The minimum atomic E-state index is -4.45. The highest BCUT2D eigenvalue weighted by Gasteiger charge is 2.48. The van der Waals surface area contributed by atoms with Gasteiger partial charge in [-0.05, 0) is 77.6 Å². The summed E-state index contributed by atoms with van der Waals surface area (Å²) in [5.41, 5.74) is 4.04. The quantitative estimate of drug-likeness (QED) is 0.159. The van der Waals surface area contributed by atoms with Crippen LogP contribution in [-0.4, -0.2) is 60.1 Å². The minimum absolute atomic E-state index is 0.0583. The molecule has 12 nitrogen and oxygen atoms in total. The molecule has 0 saturated heterocycles. The lowest BCUT2D eigenvalue weighted by molar-refractivity contribution is -0.140. The van der Waals surface area contributed by atoms with Crippen LogP contribution in [0, 0.1) is 0 Å². The minimum Gasteiger partial charge on any atom is -0.480 e. The van der Waals surface area contributed by atoms with E-state index in [9.17, 15) is 23.8 Å². The van der Waals surface area contributed by atoms with Crippen LogP contribution >= 0.6 is 15.4 Å². The van der Waals surface area contributed by atoms with E-state index in [2.05, 4.69) is 5.32 Å². The molecule has 1 aliphatic rings. The number of hydrogen-bond acceptors (Lipinski definition) is 10. The van der Waals surface area contributed by atoms with E-state index < -0.39 is 70.2 Å². The number of benzene rings is 2. The first-order valence-corrected chi connectivity index (χ1v) is 18.1. The summed E-state index contributed by atoms with van der Waals surface area (Å²) in [5, 5.41) is 12.4. The lowest BCUT2D eigenvalue weighted by Crippen LogP contribution is -2.44. The maximum Gasteiger partial charge on any atom is 0.476 e. The second kappa shape index (κ2) is 15.8. The van der Waals surface area contributed by atoms with Crippen molar-refractivity contribution in [3.63, 3.8) is 0 Å². The molecule has 45 heavy (non-hydrogen) atoms. The van der Waals surface area contributed by atoms with Crippen LogP contribution in [0.25, 0.3) is 11.1 Å². The van der Waals surface area contributed by atoms with Crippen LogP contribution in [0.2, 0.25) is 0 Å². The van der Waals surface area contributed by atoms with Crippen molar-refractivity contribution < 1.29 is 51.2 Å². The highest BCUT2D eigenvalue weighted by atomic mass is 31.2. The van der Waals surface area contributed by atoms with Crippen LogP contribution in [0.5, 0.6) is 0 Å². The number of carbonyl (C=O) groups excluding carboxylic acids is 1. The number of phosphoric ester groups is 1. The molecule has 2 N–H and O–H groups in total. The van der Waals surface area contributed by atoms with Gasteiger partial charge in [0, 0.05) is 12.3 Å². The molecule has 0 aliphatic heterocycles. The molecule has 2 aromatic rings. The summed E-state index contributed by atoms with van der Waals surface area (Å²) in [4.78, 5) is 25.5. The summed E-state index contributed by atoms with van der Waals surface area (Å²) < 4.78 is 61.5. The van der Waals surface area contributed by atoms with E-state index in [0.29, 0.717) is 0 Å². The van der Waals surface area contributed by atoms with Crippen molar-refractivity contribution in [1.29, 1.82) is 0 Å². The molecule has 14 heteroatoms. The Morgan fingerprint density at radius 2 is 1.18 bits per heavy atom. The van der Waals surface area contributed by atoms with Crippen LogP contribution in [0.4, 0.5) is 4.79 Å². The Hall–Kier alpha value is -2.56. The second-order valence-electron chi connectivity index (χ2n) is 11.8. The van der Waals surface area contributed by atoms with Gasteiger partial charge in [-0.1, -0.05) is 48.5 Å². The van der Waals surface area contributed by atoms with Gasteiger partial charge in [0.15, 0.2) is 5.85 Å². The maximum absolute atomic E-state index is 14.2. The van der Waals surface area contributed by atoms with Crippen LogP contribution in [0.1, 0.15) is 78.9 Å². The number of carboxylic acid groups (broad SMARTS) is 1. The number of fused-ring (bicyclic) bond motifs is 3. The lowest BCUT2D eigenvalue weighted by atomic mass is 9.98. The van der Waals surface area contributed by atoms with Gasteiger partial charge in [-0.3, -0.25) is 18.1 Å². The van der Waals surface area contributed by atoms with Crippen LogP contribution < -0.4 is 5.32 Å². The SMILES string of the molecule is CC(C)OP(=O)(OC(C)C)OC(CC(NC(=O)OCC1c2ccccc2-c2ccccc21)C(=O)O)P(=O)(OC(C)C)OC(C)C. The molecule has 0 heterocycles. The molecule has 1 aliphatic carbocycles. The number of amides is 1. The molecule has 3 rings (SSSR count). The second-order valence-corrected chi connectivity index (χ2v) is 15.4. The lowest BCUT2D eigenvalue weighted by Gasteiger charge is -2.33. The Morgan fingerprint density at radius 1 is 0.733 bits per heavy atom. The summed E-state index contributed by atoms with van der Waals surface area (Å²) in [6.07, 6.45) is -4.29. The molecule has 0 fully saturated rings. The van der Waals surface area contributed by atoms with Crippen molar-refractivity contribution >= 4 is 27.5 Å². The number of carboxylic acids is 1. The number of alkyl carbamates (subject to hydrolysis) is 1. The topological polar surface area (TPSA) is 156 Å². The normalized spacial score (nSPS) is 14.9. The largest absolute Gasteiger partial charge is 0.480 e. The molecule has 0 spiro atoms. The standard InChI is InChI=1S/C31H45NO11P2/c1-19(2)39-44(36,40-20(3)4)29(43-45(37,41-21(5)6)42-22(7)8)17-28(30(33)34)32-31(35)38-18-27-25-15-11-9-13-23(25)24-14-10-12-16-26(24)27/h9-16,19-22,27-29H,17-18H2,1-8H3,(H,32,35)(H,33,34). The van der Waals surface area contributed by atoms with E-state index in [0.717, 1.165) is 22.3 Å². The predicted molar refractivity (Wildman–Crippen MR) is 169 cm³/mol. The molecule has 0 bridgehead atoms. The highest BCUT2D eigenvalue weighted by Crippen LogP contribution is 2.64. The number of nitrogens with one attached hydrogen (secondary N) is 1. The van der Waals surface area contributed by atoms with E-state index in [1.54, 1.807) is 55.4 Å². The van der Waals surface area contributed by atoms with Crippen LogP contribution in [0.15, 0.2) is 48.5 Å². The van der Waals surface area contributed by atoms with E-state index in [1.165, 1.54) is 0 Å². The Bertz CT molecular complexity index is 1340. The number of ether oxygens (including phenoxy) is 1. The van der Waals surface area contributed by atoms with Crippen molar-refractivity contribution in [2.24, 2.45) is 0 Å². The van der Waals surface area contributed by atoms with Crippen molar-refractivity contribution in [2.75, 3.05) is 6.61 Å². The Balaban J connectivity index is 1.86. The Kier molecular flexibility index (Phi) is 13.0. The summed E-state index contributed by atoms with van der Waals surface area (Å²) >= 11 is 0. The van der Waals surface area contributed by atoms with Gasteiger partial charge in [-0.15, -0.1) is 0 Å². The summed E-state index contributed by atoms with van der Waals surface area (Å²) in [5.74, 6) is -3.52. The molecule has 2 atom stereocenters. The van der Waals surface area contributed by atoms with Crippen molar-refractivity contribution in [1.82, 2.24) is 5.32 Å². The van der Waals surface area contributed by atoms with Crippen molar-refractivity contribution in [3.05, 3.63) is 59.7 Å². The van der Waals surface area contributed by atoms with E-state index in [1.807, 2.05) is 48.5 Å². The van der Waals surface area contributed by atoms with Gasteiger partial charge >= 0.3 is 27.5 Å². The molecule has 250 valence electrons. The van der Waals surface area contributed by atoms with Crippen molar-refractivity contribution in [2.45, 2.75) is 104 Å². The monoisotopic (exact) mass is 669 g/mol. The fourth-order valence-corrected chi connectivity index (χ4v) is 9.26. The average Bonchev–Trinajstić information content (AvgIpc) is 3.22. The smallest absolute Gasteiger partial charge is 0.476 e. The third-order valence-corrected chi connectivity index (χ3v) is 10.9. The Morgan fingerprint density at radius 3 is 1.60 bits per heavy atom. The summed E-state index contributed by atoms with van der Waals surface area (Å²) in [6.45, 7) is 12.8. The molecular weight excluding hydrogens is 624 g/mol. The van der Waals surface area contributed by atoms with Gasteiger partial charge in [-0.25, -0.2) is 14.2 Å². The van der Waals surface area contributed by atoms with Crippen LogP contribution in [0.3, 0.4) is 0 Å². The first-order valence-electron chi connectivity index (χ1n) is 15.0. The number of aliphatic carboxylic acids is 1. The van der Waals surface area contributed by atoms with Crippen LogP contribution in [-0.2, 0) is 41.3 Å².